The summed E-state index contributed by atoms with van der Waals surface area (Å²) < 4.78 is 0. The molecule has 0 saturated carbocycles. The Morgan fingerprint density at radius 3 is 2.27 bits per heavy atom. The predicted molar refractivity (Wildman–Crippen MR) is 66.4 cm³/mol. The van der Waals surface area contributed by atoms with Gasteiger partial charge in [0.2, 0.25) is 0 Å². The number of nitrogens with zero attached hydrogens (tertiary/aromatic N) is 1. The molecule has 0 radical (unpaired) electrons. The zero-order valence-electron chi connectivity index (χ0n) is 9.32. The highest BCUT2D eigenvalue weighted by atomic mass is 32.1. The molecule has 2 heteroatoms. The van der Waals surface area contributed by atoms with Crippen LogP contribution < -0.4 is 0 Å². The highest BCUT2D eigenvalue weighted by molar-refractivity contribution is 7.10. The van der Waals surface area contributed by atoms with Gasteiger partial charge < -0.3 is 0 Å². The number of hydrogen-bond donors (Lipinski definition) is 0. The minimum atomic E-state index is 0.593. The minimum Gasteiger partial charge on any atom is -0.244 e. The molecule has 0 unspecified atom stereocenters. The monoisotopic (exact) mass is 217 g/mol. The van der Waals surface area contributed by atoms with E-state index in [1.807, 2.05) is 5.51 Å². The van der Waals surface area contributed by atoms with Crippen molar-refractivity contribution in [2.24, 2.45) is 0 Å². The molecule has 0 spiro atoms. The van der Waals surface area contributed by atoms with E-state index in [1.165, 1.54) is 16.0 Å². The van der Waals surface area contributed by atoms with Gasteiger partial charge in [0.1, 0.15) is 0 Å². The molecule has 2 rings (SSSR count). The summed E-state index contributed by atoms with van der Waals surface area (Å²) in [6.07, 6.45) is 0. The summed E-state index contributed by atoms with van der Waals surface area (Å²) in [6, 6.07) is 8.71. The SMILES string of the molecule is Cc1scnc1-c1ccc(C(C)C)cc1. The van der Waals surface area contributed by atoms with Gasteiger partial charge in [0.15, 0.2) is 0 Å². The fraction of sp³-hybridized carbons (Fsp3) is 0.308. The number of benzene rings is 1. The van der Waals surface area contributed by atoms with Gasteiger partial charge in [0.05, 0.1) is 11.2 Å². The molecule has 0 bridgehead atoms. The van der Waals surface area contributed by atoms with Crippen molar-refractivity contribution >= 4 is 11.3 Å². The molecule has 1 nitrogen and oxygen atoms in total. The highest BCUT2D eigenvalue weighted by Crippen LogP contribution is 2.26. The summed E-state index contributed by atoms with van der Waals surface area (Å²) in [7, 11) is 0. The molecule has 0 saturated heterocycles. The Balaban J connectivity index is 2.36. The van der Waals surface area contributed by atoms with Gasteiger partial charge in [0.25, 0.3) is 0 Å². The molecule has 0 N–H and O–H groups in total. The average Bonchev–Trinajstić information content (AvgIpc) is 2.65. The van der Waals surface area contributed by atoms with Gasteiger partial charge >= 0.3 is 0 Å². The lowest BCUT2D eigenvalue weighted by molar-refractivity contribution is 0.867. The third kappa shape index (κ3) is 2.10. The van der Waals surface area contributed by atoms with E-state index >= 15 is 0 Å². The predicted octanol–water partition coefficient (Wildman–Crippen LogP) is 4.24. The van der Waals surface area contributed by atoms with Crippen LogP contribution in [0, 0.1) is 6.92 Å². The summed E-state index contributed by atoms with van der Waals surface area (Å²) in [6.45, 7) is 6.54. The molecule has 0 aliphatic heterocycles. The van der Waals surface area contributed by atoms with E-state index in [-0.39, 0.29) is 0 Å². The Morgan fingerprint density at radius 1 is 1.13 bits per heavy atom. The van der Waals surface area contributed by atoms with E-state index in [0.717, 1.165) is 5.69 Å². The molecule has 0 atom stereocenters. The first-order valence-corrected chi connectivity index (χ1v) is 6.07. The van der Waals surface area contributed by atoms with Crippen molar-refractivity contribution in [1.82, 2.24) is 4.98 Å². The molecule has 0 aliphatic rings. The Hall–Kier alpha value is -1.15. The van der Waals surface area contributed by atoms with Gasteiger partial charge in [-0.05, 0) is 18.4 Å². The third-order valence-electron chi connectivity index (χ3n) is 2.60. The summed E-state index contributed by atoms with van der Waals surface area (Å²) in [5.74, 6) is 0.593. The Morgan fingerprint density at radius 2 is 1.80 bits per heavy atom. The topological polar surface area (TPSA) is 12.9 Å². The van der Waals surface area contributed by atoms with Gasteiger partial charge in [-0.25, -0.2) is 4.98 Å². The van der Waals surface area contributed by atoms with Crippen LogP contribution in [-0.2, 0) is 0 Å². The number of thiazole rings is 1. The molecule has 15 heavy (non-hydrogen) atoms. The van der Waals surface area contributed by atoms with Crippen molar-refractivity contribution in [3.63, 3.8) is 0 Å². The lowest BCUT2D eigenvalue weighted by Crippen LogP contribution is -1.87. The van der Waals surface area contributed by atoms with Crippen LogP contribution in [-0.4, -0.2) is 4.98 Å². The van der Waals surface area contributed by atoms with E-state index < -0.39 is 0 Å². The molecule has 0 fully saturated rings. The first-order valence-electron chi connectivity index (χ1n) is 5.19. The van der Waals surface area contributed by atoms with E-state index in [4.69, 9.17) is 0 Å². The Labute approximate surface area is 94.8 Å². The van der Waals surface area contributed by atoms with Gasteiger partial charge in [0, 0.05) is 10.4 Å². The molecule has 0 aliphatic carbocycles. The quantitative estimate of drug-likeness (QED) is 0.733. The van der Waals surface area contributed by atoms with Crippen LogP contribution in [0.25, 0.3) is 11.3 Å². The second-order valence-corrected chi connectivity index (χ2v) is 5.09. The zero-order chi connectivity index (χ0) is 10.8. The normalized spacial score (nSPS) is 10.9. The van der Waals surface area contributed by atoms with Crippen molar-refractivity contribution in [2.75, 3.05) is 0 Å². The number of hydrogen-bond acceptors (Lipinski definition) is 2. The maximum Gasteiger partial charge on any atom is 0.0840 e. The second-order valence-electron chi connectivity index (χ2n) is 4.03. The highest BCUT2D eigenvalue weighted by Gasteiger charge is 2.05. The van der Waals surface area contributed by atoms with Crippen LogP contribution in [0.1, 0.15) is 30.2 Å². The van der Waals surface area contributed by atoms with Crippen LogP contribution in [0.3, 0.4) is 0 Å². The molecular weight excluding hydrogens is 202 g/mol. The number of aryl methyl sites for hydroxylation is 1. The van der Waals surface area contributed by atoms with Gasteiger partial charge in [-0.15, -0.1) is 11.3 Å². The fourth-order valence-corrected chi connectivity index (χ4v) is 2.21. The fourth-order valence-electron chi connectivity index (χ4n) is 1.61. The average molecular weight is 217 g/mol. The van der Waals surface area contributed by atoms with E-state index in [9.17, 15) is 0 Å². The van der Waals surface area contributed by atoms with Crippen molar-refractivity contribution in [2.45, 2.75) is 26.7 Å². The molecule has 1 aromatic carbocycles. The Bertz CT molecular complexity index is 440. The third-order valence-corrected chi connectivity index (χ3v) is 3.35. The molecular formula is C13H15NS. The summed E-state index contributed by atoms with van der Waals surface area (Å²) >= 11 is 1.70. The van der Waals surface area contributed by atoms with Crippen molar-refractivity contribution in [3.8, 4) is 11.3 Å². The van der Waals surface area contributed by atoms with E-state index in [0.29, 0.717) is 5.92 Å². The zero-order valence-corrected chi connectivity index (χ0v) is 10.1. The summed E-state index contributed by atoms with van der Waals surface area (Å²) in [5, 5.41) is 0. The second kappa shape index (κ2) is 4.15. The van der Waals surface area contributed by atoms with Crippen LogP contribution in [0.4, 0.5) is 0 Å². The first kappa shape index (κ1) is 10.4. The summed E-state index contributed by atoms with van der Waals surface area (Å²) in [5.41, 5.74) is 5.63. The van der Waals surface area contributed by atoms with Gasteiger partial charge in [-0.3, -0.25) is 0 Å². The summed E-state index contributed by atoms with van der Waals surface area (Å²) in [4.78, 5) is 5.66. The maximum atomic E-state index is 4.38. The lowest BCUT2D eigenvalue weighted by atomic mass is 10.0. The molecule has 78 valence electrons. The van der Waals surface area contributed by atoms with Crippen LogP contribution >= 0.6 is 11.3 Å². The standard InChI is InChI=1S/C13H15NS/c1-9(2)11-4-6-12(7-5-11)13-10(3)15-8-14-13/h4-9H,1-3H3. The van der Waals surface area contributed by atoms with Crippen molar-refractivity contribution in [1.29, 1.82) is 0 Å². The molecule has 0 amide bonds. The van der Waals surface area contributed by atoms with Gasteiger partial charge in [-0.2, -0.15) is 0 Å². The molecule has 2 aromatic rings. The van der Waals surface area contributed by atoms with E-state index in [2.05, 4.69) is 50.0 Å². The van der Waals surface area contributed by atoms with E-state index in [1.54, 1.807) is 11.3 Å². The van der Waals surface area contributed by atoms with Crippen LogP contribution in [0.2, 0.25) is 0 Å². The van der Waals surface area contributed by atoms with Crippen molar-refractivity contribution < 1.29 is 0 Å². The smallest absolute Gasteiger partial charge is 0.0840 e. The first-order chi connectivity index (χ1) is 7.18. The lowest BCUT2D eigenvalue weighted by Gasteiger charge is -2.05. The molecule has 1 aromatic heterocycles. The minimum absolute atomic E-state index is 0.593. The van der Waals surface area contributed by atoms with Crippen molar-refractivity contribution in [3.05, 3.63) is 40.2 Å². The number of aromatic nitrogens is 1. The largest absolute Gasteiger partial charge is 0.244 e. The molecule has 1 heterocycles. The van der Waals surface area contributed by atoms with Gasteiger partial charge in [-0.1, -0.05) is 38.1 Å². The Kier molecular flexibility index (Phi) is 2.87. The maximum absolute atomic E-state index is 4.38. The number of rotatable bonds is 2. The van der Waals surface area contributed by atoms with Crippen LogP contribution in [0.5, 0.6) is 0 Å². The van der Waals surface area contributed by atoms with Crippen LogP contribution in [0.15, 0.2) is 29.8 Å².